The summed E-state index contributed by atoms with van der Waals surface area (Å²) in [4.78, 5) is 39.0. The molecule has 2 aliphatic carbocycles. The Morgan fingerprint density at radius 1 is 0.900 bits per heavy atom. The van der Waals surface area contributed by atoms with Gasteiger partial charge in [-0.1, -0.05) is 32.1 Å². The molecule has 0 spiro atoms. The first-order valence-electron chi connectivity index (χ1n) is 12.4. The molecule has 0 radical (unpaired) electrons. The van der Waals surface area contributed by atoms with Gasteiger partial charge in [0.15, 0.2) is 0 Å². The summed E-state index contributed by atoms with van der Waals surface area (Å²) in [6, 6.07) is 0.592. The molecule has 1 aromatic heterocycles. The van der Waals surface area contributed by atoms with Crippen molar-refractivity contribution >= 4 is 5.91 Å². The number of aromatic nitrogens is 2. The van der Waals surface area contributed by atoms with Crippen molar-refractivity contribution in [3.63, 3.8) is 0 Å². The van der Waals surface area contributed by atoms with Gasteiger partial charge in [0, 0.05) is 37.2 Å². The average Bonchev–Trinajstić information content (AvgIpc) is 3.34. The highest BCUT2D eigenvalue weighted by atomic mass is 16.2. The molecule has 1 saturated heterocycles. The van der Waals surface area contributed by atoms with E-state index in [1.165, 1.54) is 44.9 Å². The van der Waals surface area contributed by atoms with Crippen molar-refractivity contribution in [1.82, 2.24) is 19.8 Å². The lowest BCUT2D eigenvalue weighted by Crippen LogP contribution is -2.44. The minimum absolute atomic E-state index is 0.0247. The van der Waals surface area contributed by atoms with E-state index < -0.39 is 0 Å². The first kappa shape index (κ1) is 20.2. The first-order chi connectivity index (χ1) is 14.7. The molecule has 0 bridgehead atoms. The predicted molar refractivity (Wildman–Crippen MR) is 116 cm³/mol. The highest BCUT2D eigenvalue weighted by Crippen LogP contribution is 2.34. The molecule has 1 atom stereocenters. The van der Waals surface area contributed by atoms with Crippen molar-refractivity contribution in [3.05, 3.63) is 27.4 Å². The van der Waals surface area contributed by atoms with Crippen molar-refractivity contribution in [3.8, 4) is 0 Å². The quantitative estimate of drug-likeness (QED) is 0.822. The molecule has 2 aliphatic heterocycles. The molecule has 0 aromatic carbocycles. The van der Waals surface area contributed by atoms with Gasteiger partial charge in [0.05, 0.1) is 11.7 Å². The van der Waals surface area contributed by atoms with Crippen molar-refractivity contribution in [2.75, 3.05) is 13.1 Å². The molecule has 5 rings (SSSR count). The zero-order chi connectivity index (χ0) is 20.5. The van der Waals surface area contributed by atoms with Gasteiger partial charge in [0.2, 0.25) is 5.91 Å². The fourth-order valence-corrected chi connectivity index (χ4v) is 6.28. The number of carbonyl (C=O) groups is 1. The molecular formula is C24H36N4O2. The van der Waals surface area contributed by atoms with Crippen LogP contribution in [0.3, 0.4) is 0 Å². The van der Waals surface area contributed by atoms with Crippen LogP contribution in [0.1, 0.15) is 100 Å². The monoisotopic (exact) mass is 412 g/mol. The average molecular weight is 413 g/mol. The predicted octanol–water partition coefficient (Wildman–Crippen LogP) is 3.70. The van der Waals surface area contributed by atoms with E-state index in [1.807, 2.05) is 0 Å². The summed E-state index contributed by atoms with van der Waals surface area (Å²) in [6.07, 6.45) is 14.7. The van der Waals surface area contributed by atoms with E-state index in [4.69, 9.17) is 4.98 Å². The van der Waals surface area contributed by atoms with Gasteiger partial charge in [-0.2, -0.15) is 0 Å². The minimum atomic E-state index is -0.0620. The zero-order valence-corrected chi connectivity index (χ0v) is 18.2. The number of hydrogen-bond donors (Lipinski definition) is 1. The lowest BCUT2D eigenvalue weighted by atomic mass is 9.87. The number of nitrogens with zero attached hydrogens (tertiary/aromatic N) is 3. The summed E-state index contributed by atoms with van der Waals surface area (Å²) in [5, 5.41) is 0. The molecular weight excluding hydrogens is 376 g/mol. The third-order valence-electron chi connectivity index (χ3n) is 8.02. The highest BCUT2D eigenvalue weighted by molar-refractivity contribution is 5.79. The van der Waals surface area contributed by atoms with Crippen molar-refractivity contribution in [1.29, 1.82) is 0 Å². The molecule has 30 heavy (non-hydrogen) atoms. The third-order valence-corrected chi connectivity index (χ3v) is 8.02. The number of aromatic amines is 1. The topological polar surface area (TPSA) is 69.3 Å². The number of piperidine rings is 1. The van der Waals surface area contributed by atoms with Crippen LogP contribution in [0, 0.1) is 5.92 Å². The summed E-state index contributed by atoms with van der Waals surface area (Å²) in [5.74, 6) is 1.20. The molecule has 3 heterocycles. The van der Waals surface area contributed by atoms with E-state index in [0.29, 0.717) is 11.9 Å². The maximum Gasteiger partial charge on any atom is 0.254 e. The molecule has 1 N–H and O–H groups in total. The number of rotatable bonds is 3. The van der Waals surface area contributed by atoms with E-state index in [-0.39, 0.29) is 17.5 Å². The van der Waals surface area contributed by atoms with Crippen LogP contribution in [0.25, 0.3) is 0 Å². The summed E-state index contributed by atoms with van der Waals surface area (Å²) < 4.78 is 0. The molecule has 164 valence electrons. The number of likely N-dealkylation sites (tertiary alicyclic amines) is 1. The van der Waals surface area contributed by atoms with Gasteiger partial charge in [-0.3, -0.25) is 14.5 Å². The van der Waals surface area contributed by atoms with Crippen LogP contribution in [-0.4, -0.2) is 44.8 Å². The Balaban J connectivity index is 1.39. The fraction of sp³-hybridized carbons (Fsp3) is 0.792. The van der Waals surface area contributed by atoms with Gasteiger partial charge in [0.25, 0.3) is 5.56 Å². The number of fused-ring (bicyclic) bond motifs is 1. The maximum atomic E-state index is 13.3. The van der Waals surface area contributed by atoms with Gasteiger partial charge >= 0.3 is 0 Å². The van der Waals surface area contributed by atoms with Crippen LogP contribution in [0.15, 0.2) is 4.79 Å². The van der Waals surface area contributed by atoms with E-state index in [2.05, 4.69) is 14.8 Å². The number of H-pyrrole nitrogens is 1. The lowest BCUT2D eigenvalue weighted by molar-refractivity contribution is -0.140. The second kappa shape index (κ2) is 8.81. The highest BCUT2D eigenvalue weighted by Gasteiger charge is 2.35. The standard InChI is InChI=1S/C24H36N4O2/c29-23-19-13-15-27(18-10-4-5-11-18)16-20(19)25-22(26-23)21-12-6-7-14-28(21)24(30)17-8-2-1-3-9-17/h17-18,21H,1-16H2,(H,25,26,29)/t21-/m0/s1. The number of nitrogens with one attached hydrogen (secondary N) is 1. The normalized spacial score (nSPS) is 26.7. The largest absolute Gasteiger partial charge is 0.332 e. The van der Waals surface area contributed by atoms with E-state index in [9.17, 15) is 9.59 Å². The van der Waals surface area contributed by atoms with Gasteiger partial charge in [-0.15, -0.1) is 0 Å². The van der Waals surface area contributed by atoms with Gasteiger partial charge < -0.3 is 9.88 Å². The second-order valence-electron chi connectivity index (χ2n) is 9.91. The lowest BCUT2D eigenvalue weighted by Gasteiger charge is -2.38. The van der Waals surface area contributed by atoms with Crippen LogP contribution >= 0.6 is 0 Å². The van der Waals surface area contributed by atoms with Crippen LogP contribution in [0.5, 0.6) is 0 Å². The van der Waals surface area contributed by atoms with E-state index in [1.54, 1.807) is 0 Å². The number of amides is 1. The van der Waals surface area contributed by atoms with Crippen LogP contribution in [0.2, 0.25) is 0 Å². The second-order valence-corrected chi connectivity index (χ2v) is 9.91. The van der Waals surface area contributed by atoms with Crippen molar-refractivity contribution in [2.45, 2.75) is 102 Å². The molecule has 6 heteroatoms. The minimum Gasteiger partial charge on any atom is -0.332 e. The number of carbonyl (C=O) groups excluding carboxylic acids is 1. The molecule has 0 unspecified atom stereocenters. The molecule has 4 aliphatic rings. The molecule has 6 nitrogen and oxygen atoms in total. The molecule has 1 aromatic rings. The van der Waals surface area contributed by atoms with Gasteiger partial charge in [-0.25, -0.2) is 4.98 Å². The summed E-state index contributed by atoms with van der Waals surface area (Å²) >= 11 is 0. The summed E-state index contributed by atoms with van der Waals surface area (Å²) in [5.41, 5.74) is 1.85. The first-order valence-corrected chi connectivity index (χ1v) is 12.4. The summed E-state index contributed by atoms with van der Waals surface area (Å²) in [7, 11) is 0. The molecule has 2 saturated carbocycles. The van der Waals surface area contributed by atoms with Gasteiger partial charge in [0.1, 0.15) is 5.82 Å². The Labute approximate surface area is 179 Å². The summed E-state index contributed by atoms with van der Waals surface area (Å²) in [6.45, 7) is 2.56. The Hall–Kier alpha value is -1.69. The van der Waals surface area contributed by atoms with Crippen LogP contribution in [0.4, 0.5) is 0 Å². The molecule has 1 amide bonds. The Kier molecular flexibility index (Phi) is 5.94. The maximum absolute atomic E-state index is 13.3. The third kappa shape index (κ3) is 3.95. The van der Waals surface area contributed by atoms with Crippen LogP contribution in [-0.2, 0) is 17.8 Å². The zero-order valence-electron chi connectivity index (χ0n) is 18.2. The fourth-order valence-electron chi connectivity index (χ4n) is 6.28. The van der Waals surface area contributed by atoms with Crippen LogP contribution < -0.4 is 5.56 Å². The Morgan fingerprint density at radius 2 is 1.63 bits per heavy atom. The Bertz CT molecular complexity index is 823. The van der Waals surface area contributed by atoms with E-state index in [0.717, 1.165) is 75.2 Å². The molecule has 3 fully saturated rings. The number of hydrogen-bond acceptors (Lipinski definition) is 4. The van der Waals surface area contributed by atoms with Crippen molar-refractivity contribution in [2.24, 2.45) is 5.92 Å². The Morgan fingerprint density at radius 3 is 2.43 bits per heavy atom. The van der Waals surface area contributed by atoms with E-state index >= 15 is 0 Å². The van der Waals surface area contributed by atoms with Gasteiger partial charge in [-0.05, 0) is 51.4 Å². The smallest absolute Gasteiger partial charge is 0.254 e. The van der Waals surface area contributed by atoms with Crippen molar-refractivity contribution < 1.29 is 4.79 Å². The SMILES string of the molecule is O=C(C1CCCCC1)N1CCCC[C@H]1c1nc2c(c(=O)[nH]1)CCN(C1CCCC1)C2.